The molecular formula is C15H22F4N2. The summed E-state index contributed by atoms with van der Waals surface area (Å²) < 4.78 is 51.9. The van der Waals surface area contributed by atoms with E-state index in [1.54, 1.807) is 19.9 Å². The van der Waals surface area contributed by atoms with Crippen molar-refractivity contribution >= 4 is 5.69 Å². The Morgan fingerprint density at radius 1 is 1.24 bits per heavy atom. The van der Waals surface area contributed by atoms with E-state index >= 15 is 0 Å². The molecule has 1 N–H and O–H groups in total. The minimum atomic E-state index is -4.36. The van der Waals surface area contributed by atoms with Gasteiger partial charge in [0.25, 0.3) is 0 Å². The zero-order valence-corrected chi connectivity index (χ0v) is 12.6. The molecular weight excluding hydrogens is 284 g/mol. The first-order chi connectivity index (χ1) is 9.74. The van der Waals surface area contributed by atoms with Gasteiger partial charge in [-0.1, -0.05) is 13.0 Å². The van der Waals surface area contributed by atoms with Crippen LogP contribution in [0.25, 0.3) is 0 Å². The summed E-state index contributed by atoms with van der Waals surface area (Å²) in [6.07, 6.45) is -3.40. The van der Waals surface area contributed by atoms with Gasteiger partial charge in [0.15, 0.2) is 0 Å². The number of anilines is 1. The summed E-state index contributed by atoms with van der Waals surface area (Å²) in [6, 6.07) is 3.94. The highest BCUT2D eigenvalue weighted by molar-refractivity contribution is 5.50. The van der Waals surface area contributed by atoms with E-state index in [0.717, 1.165) is 23.4 Å². The van der Waals surface area contributed by atoms with Gasteiger partial charge in [0, 0.05) is 12.6 Å². The van der Waals surface area contributed by atoms with Crippen molar-refractivity contribution in [3.8, 4) is 0 Å². The fourth-order valence-corrected chi connectivity index (χ4v) is 2.04. The van der Waals surface area contributed by atoms with Crippen molar-refractivity contribution < 1.29 is 17.6 Å². The van der Waals surface area contributed by atoms with E-state index < -0.39 is 24.6 Å². The Morgan fingerprint density at radius 3 is 2.38 bits per heavy atom. The Bertz CT molecular complexity index is 444. The number of alkyl halides is 3. The predicted octanol–water partition coefficient (Wildman–Crippen LogP) is 4.10. The van der Waals surface area contributed by atoms with Crippen LogP contribution in [-0.2, 0) is 6.54 Å². The van der Waals surface area contributed by atoms with Crippen molar-refractivity contribution in [3.63, 3.8) is 0 Å². The summed E-state index contributed by atoms with van der Waals surface area (Å²) in [5.41, 5.74) is 0.710. The van der Waals surface area contributed by atoms with Crippen molar-refractivity contribution in [2.24, 2.45) is 0 Å². The SMILES string of the molecule is CCCNCc1ccc(N(CC(F)(F)F)C(C)C)c(F)c1. The highest BCUT2D eigenvalue weighted by Gasteiger charge is 2.32. The lowest BCUT2D eigenvalue weighted by Gasteiger charge is -2.30. The van der Waals surface area contributed by atoms with Crippen LogP contribution in [0.15, 0.2) is 18.2 Å². The maximum atomic E-state index is 14.1. The maximum Gasteiger partial charge on any atom is 0.405 e. The van der Waals surface area contributed by atoms with Crippen LogP contribution in [0.1, 0.15) is 32.8 Å². The first-order valence-electron chi connectivity index (χ1n) is 7.07. The average Bonchev–Trinajstić information content (AvgIpc) is 2.36. The number of nitrogens with one attached hydrogen (secondary N) is 1. The summed E-state index contributed by atoms with van der Waals surface area (Å²) >= 11 is 0. The molecule has 0 saturated heterocycles. The Balaban J connectivity index is 2.89. The second kappa shape index (κ2) is 7.64. The normalized spacial score (nSPS) is 12.0. The van der Waals surface area contributed by atoms with Crippen molar-refractivity contribution in [3.05, 3.63) is 29.6 Å². The molecule has 120 valence electrons. The zero-order chi connectivity index (χ0) is 16.0. The van der Waals surface area contributed by atoms with E-state index in [2.05, 4.69) is 5.32 Å². The summed E-state index contributed by atoms with van der Waals surface area (Å²) in [6.45, 7) is 5.41. The van der Waals surface area contributed by atoms with E-state index in [-0.39, 0.29) is 5.69 Å². The molecule has 0 heterocycles. The lowest BCUT2D eigenvalue weighted by atomic mass is 10.1. The summed E-state index contributed by atoms with van der Waals surface area (Å²) in [5, 5.41) is 3.13. The zero-order valence-electron chi connectivity index (χ0n) is 12.6. The lowest BCUT2D eigenvalue weighted by molar-refractivity contribution is -0.120. The number of hydrogen-bond donors (Lipinski definition) is 1. The van der Waals surface area contributed by atoms with Gasteiger partial charge in [-0.25, -0.2) is 4.39 Å². The molecule has 0 aliphatic carbocycles. The van der Waals surface area contributed by atoms with Gasteiger partial charge in [0.05, 0.1) is 5.69 Å². The van der Waals surface area contributed by atoms with Crippen LogP contribution in [0, 0.1) is 5.82 Å². The molecule has 1 rings (SSSR count). The molecule has 0 atom stereocenters. The molecule has 0 spiro atoms. The minimum Gasteiger partial charge on any atom is -0.358 e. The Labute approximate surface area is 123 Å². The average molecular weight is 306 g/mol. The maximum absolute atomic E-state index is 14.1. The third kappa shape index (κ3) is 5.91. The quantitative estimate of drug-likeness (QED) is 0.602. The summed E-state index contributed by atoms with van der Waals surface area (Å²) in [5.74, 6) is -0.622. The molecule has 0 aliphatic rings. The van der Waals surface area contributed by atoms with E-state index in [9.17, 15) is 17.6 Å². The first-order valence-corrected chi connectivity index (χ1v) is 7.07. The van der Waals surface area contributed by atoms with Crippen LogP contribution >= 0.6 is 0 Å². The third-order valence-corrected chi connectivity index (χ3v) is 3.05. The van der Waals surface area contributed by atoms with Crippen molar-refractivity contribution in [2.45, 2.75) is 46.0 Å². The van der Waals surface area contributed by atoms with Crippen LogP contribution in [0.5, 0.6) is 0 Å². The molecule has 21 heavy (non-hydrogen) atoms. The molecule has 0 radical (unpaired) electrons. The van der Waals surface area contributed by atoms with E-state index in [1.807, 2.05) is 6.92 Å². The van der Waals surface area contributed by atoms with Crippen LogP contribution in [0.2, 0.25) is 0 Å². The van der Waals surface area contributed by atoms with Gasteiger partial charge in [-0.15, -0.1) is 0 Å². The molecule has 0 fully saturated rings. The van der Waals surface area contributed by atoms with E-state index in [4.69, 9.17) is 0 Å². The van der Waals surface area contributed by atoms with Gasteiger partial charge in [0.1, 0.15) is 12.4 Å². The summed E-state index contributed by atoms with van der Waals surface area (Å²) in [7, 11) is 0. The van der Waals surface area contributed by atoms with Crippen LogP contribution < -0.4 is 10.2 Å². The molecule has 0 aliphatic heterocycles. The molecule has 1 aromatic carbocycles. The second-order valence-corrected chi connectivity index (χ2v) is 5.30. The van der Waals surface area contributed by atoms with Crippen molar-refractivity contribution in [1.29, 1.82) is 0 Å². The number of rotatable bonds is 7. The van der Waals surface area contributed by atoms with Gasteiger partial charge in [-0.05, 0) is 44.5 Å². The Kier molecular flexibility index (Phi) is 6.45. The molecule has 0 saturated carbocycles. The fourth-order valence-electron chi connectivity index (χ4n) is 2.04. The van der Waals surface area contributed by atoms with Crippen molar-refractivity contribution in [1.82, 2.24) is 5.32 Å². The van der Waals surface area contributed by atoms with E-state index in [1.165, 1.54) is 12.1 Å². The molecule has 0 bridgehead atoms. The second-order valence-electron chi connectivity index (χ2n) is 5.30. The fraction of sp³-hybridized carbons (Fsp3) is 0.600. The predicted molar refractivity (Wildman–Crippen MR) is 76.9 cm³/mol. The van der Waals surface area contributed by atoms with Gasteiger partial charge >= 0.3 is 6.18 Å². The highest BCUT2D eigenvalue weighted by atomic mass is 19.4. The number of benzene rings is 1. The van der Waals surface area contributed by atoms with Crippen molar-refractivity contribution in [2.75, 3.05) is 18.0 Å². The minimum absolute atomic E-state index is 0.0124. The monoisotopic (exact) mass is 306 g/mol. The molecule has 6 heteroatoms. The largest absolute Gasteiger partial charge is 0.405 e. The standard InChI is InChI=1S/C15H22F4N2/c1-4-7-20-9-12-5-6-14(13(16)8-12)21(11(2)3)10-15(17,18)19/h5-6,8,11,20H,4,7,9-10H2,1-3H3. The van der Waals surface area contributed by atoms with Crippen LogP contribution in [0.4, 0.5) is 23.2 Å². The Morgan fingerprint density at radius 2 is 1.90 bits per heavy atom. The Hall–Kier alpha value is -1.30. The van der Waals surface area contributed by atoms with Gasteiger partial charge in [-0.3, -0.25) is 0 Å². The van der Waals surface area contributed by atoms with E-state index in [0.29, 0.717) is 6.54 Å². The molecule has 0 aromatic heterocycles. The molecule has 2 nitrogen and oxygen atoms in total. The van der Waals surface area contributed by atoms with Crippen LogP contribution in [0.3, 0.4) is 0 Å². The van der Waals surface area contributed by atoms with Gasteiger partial charge in [0.2, 0.25) is 0 Å². The first kappa shape index (κ1) is 17.8. The number of halogens is 4. The lowest BCUT2D eigenvalue weighted by Crippen LogP contribution is -2.39. The smallest absolute Gasteiger partial charge is 0.358 e. The molecule has 1 aromatic rings. The van der Waals surface area contributed by atoms with Gasteiger partial charge < -0.3 is 10.2 Å². The topological polar surface area (TPSA) is 15.3 Å². The van der Waals surface area contributed by atoms with Crippen LogP contribution in [-0.4, -0.2) is 25.3 Å². The number of nitrogens with zero attached hydrogens (tertiary/aromatic N) is 1. The summed E-state index contributed by atoms with van der Waals surface area (Å²) in [4.78, 5) is 1.03. The van der Waals surface area contributed by atoms with Gasteiger partial charge in [-0.2, -0.15) is 13.2 Å². The third-order valence-electron chi connectivity index (χ3n) is 3.05. The number of hydrogen-bond acceptors (Lipinski definition) is 2. The molecule has 0 unspecified atom stereocenters. The molecule has 0 amide bonds. The highest BCUT2D eigenvalue weighted by Crippen LogP contribution is 2.27.